The van der Waals surface area contributed by atoms with Gasteiger partial charge in [0, 0.05) is 4.47 Å². The highest BCUT2D eigenvalue weighted by Crippen LogP contribution is 2.28. The number of carbonyl (C=O) groups excluding carboxylic acids is 2. The number of carbonyl (C=O) groups is 2. The SMILES string of the molecule is CCC1C(=O)NC(=O)CN1S(=O)(=O)c1ccc(Cl)c(Br)c1. The Balaban J connectivity index is 2.47. The van der Waals surface area contributed by atoms with Crippen molar-refractivity contribution in [3.05, 3.63) is 27.7 Å². The largest absolute Gasteiger partial charge is 0.294 e. The van der Waals surface area contributed by atoms with Crippen molar-refractivity contribution in [2.75, 3.05) is 6.54 Å². The van der Waals surface area contributed by atoms with Gasteiger partial charge in [0.15, 0.2) is 0 Å². The molecule has 6 nitrogen and oxygen atoms in total. The Morgan fingerprint density at radius 2 is 2.10 bits per heavy atom. The average Bonchev–Trinajstić information content (AvgIpc) is 2.41. The van der Waals surface area contributed by atoms with Crippen LogP contribution in [-0.2, 0) is 19.6 Å². The van der Waals surface area contributed by atoms with Crippen LogP contribution in [0.4, 0.5) is 0 Å². The number of nitrogens with one attached hydrogen (secondary N) is 1. The van der Waals surface area contributed by atoms with Crippen LogP contribution in [-0.4, -0.2) is 37.1 Å². The maximum atomic E-state index is 12.6. The number of amides is 2. The minimum Gasteiger partial charge on any atom is -0.294 e. The second kappa shape index (κ2) is 6.04. The van der Waals surface area contributed by atoms with Crippen LogP contribution in [0.3, 0.4) is 0 Å². The molecular weight excluding hydrogens is 384 g/mol. The van der Waals surface area contributed by atoms with Gasteiger partial charge in [-0.05, 0) is 40.5 Å². The Bertz CT molecular complexity index is 707. The number of nitrogens with zero attached hydrogens (tertiary/aromatic N) is 1. The second-order valence-electron chi connectivity index (χ2n) is 4.46. The van der Waals surface area contributed by atoms with Crippen LogP contribution in [0.25, 0.3) is 0 Å². The van der Waals surface area contributed by atoms with E-state index in [2.05, 4.69) is 21.2 Å². The fourth-order valence-corrected chi connectivity index (χ4v) is 4.35. The van der Waals surface area contributed by atoms with E-state index in [4.69, 9.17) is 11.6 Å². The van der Waals surface area contributed by atoms with E-state index in [-0.39, 0.29) is 17.9 Å². The van der Waals surface area contributed by atoms with Crippen molar-refractivity contribution < 1.29 is 18.0 Å². The van der Waals surface area contributed by atoms with Crippen LogP contribution >= 0.6 is 27.5 Å². The lowest BCUT2D eigenvalue weighted by atomic mass is 10.2. The molecule has 1 heterocycles. The van der Waals surface area contributed by atoms with Crippen LogP contribution in [0.1, 0.15) is 13.3 Å². The molecule has 1 fully saturated rings. The minimum absolute atomic E-state index is 0.0280. The van der Waals surface area contributed by atoms with Gasteiger partial charge in [0.1, 0.15) is 6.04 Å². The molecular formula is C12H12BrClN2O4S. The van der Waals surface area contributed by atoms with Gasteiger partial charge in [-0.1, -0.05) is 18.5 Å². The number of hydrogen-bond acceptors (Lipinski definition) is 4. The number of imide groups is 1. The first-order valence-corrected chi connectivity index (χ1v) is 8.69. The molecule has 1 aliphatic rings. The third-order valence-electron chi connectivity index (χ3n) is 3.10. The summed E-state index contributed by atoms with van der Waals surface area (Å²) in [5, 5.41) is 2.51. The topological polar surface area (TPSA) is 83.6 Å². The average molecular weight is 396 g/mol. The van der Waals surface area contributed by atoms with E-state index in [0.29, 0.717) is 9.50 Å². The molecule has 2 amide bonds. The van der Waals surface area contributed by atoms with E-state index < -0.39 is 27.9 Å². The highest BCUT2D eigenvalue weighted by atomic mass is 79.9. The molecule has 1 atom stereocenters. The number of benzene rings is 1. The molecule has 1 aromatic rings. The molecule has 1 saturated heterocycles. The monoisotopic (exact) mass is 394 g/mol. The summed E-state index contributed by atoms with van der Waals surface area (Å²) < 4.78 is 26.6. The summed E-state index contributed by atoms with van der Waals surface area (Å²) in [6.45, 7) is 1.30. The lowest BCUT2D eigenvalue weighted by molar-refractivity contribution is -0.137. The Hall–Kier alpha value is -0.960. The van der Waals surface area contributed by atoms with Gasteiger partial charge in [0.2, 0.25) is 21.8 Å². The molecule has 1 N–H and O–H groups in total. The van der Waals surface area contributed by atoms with Gasteiger partial charge in [-0.3, -0.25) is 14.9 Å². The Kier molecular flexibility index (Phi) is 4.72. The Morgan fingerprint density at radius 3 is 2.67 bits per heavy atom. The van der Waals surface area contributed by atoms with Gasteiger partial charge in [-0.25, -0.2) is 8.42 Å². The third kappa shape index (κ3) is 3.13. The fourth-order valence-electron chi connectivity index (χ4n) is 2.06. The van der Waals surface area contributed by atoms with Gasteiger partial charge in [-0.15, -0.1) is 0 Å². The van der Waals surface area contributed by atoms with E-state index in [1.165, 1.54) is 18.2 Å². The third-order valence-corrected chi connectivity index (χ3v) is 6.16. The molecule has 0 spiro atoms. The molecule has 0 bridgehead atoms. The van der Waals surface area contributed by atoms with E-state index in [9.17, 15) is 18.0 Å². The van der Waals surface area contributed by atoms with Gasteiger partial charge < -0.3 is 0 Å². The van der Waals surface area contributed by atoms with E-state index >= 15 is 0 Å². The second-order valence-corrected chi connectivity index (χ2v) is 7.61. The fraction of sp³-hybridized carbons (Fsp3) is 0.333. The highest BCUT2D eigenvalue weighted by molar-refractivity contribution is 9.10. The van der Waals surface area contributed by atoms with Gasteiger partial charge >= 0.3 is 0 Å². The summed E-state index contributed by atoms with van der Waals surface area (Å²) in [5.41, 5.74) is 0. The summed E-state index contributed by atoms with van der Waals surface area (Å²) >= 11 is 9.00. The first kappa shape index (κ1) is 16.4. The molecule has 2 rings (SSSR count). The van der Waals surface area contributed by atoms with Crippen LogP contribution < -0.4 is 5.32 Å². The van der Waals surface area contributed by atoms with Crippen LogP contribution in [0.5, 0.6) is 0 Å². The molecule has 0 aliphatic carbocycles. The molecule has 1 unspecified atom stereocenters. The van der Waals surface area contributed by atoms with Crippen LogP contribution in [0.2, 0.25) is 5.02 Å². The molecule has 9 heteroatoms. The molecule has 0 aromatic heterocycles. The summed E-state index contributed by atoms with van der Waals surface area (Å²) in [6.07, 6.45) is 0.271. The van der Waals surface area contributed by atoms with Gasteiger partial charge in [0.05, 0.1) is 16.5 Å². The summed E-state index contributed by atoms with van der Waals surface area (Å²) in [7, 11) is -3.97. The summed E-state index contributed by atoms with van der Waals surface area (Å²) in [6, 6.07) is 3.22. The zero-order valence-electron chi connectivity index (χ0n) is 11.0. The highest BCUT2D eigenvalue weighted by Gasteiger charge is 2.40. The maximum Gasteiger partial charge on any atom is 0.245 e. The maximum absolute atomic E-state index is 12.6. The molecule has 1 aliphatic heterocycles. The lowest BCUT2D eigenvalue weighted by Crippen LogP contribution is -2.59. The minimum atomic E-state index is -3.97. The Morgan fingerprint density at radius 1 is 1.43 bits per heavy atom. The van der Waals surface area contributed by atoms with Crippen molar-refractivity contribution in [1.29, 1.82) is 0 Å². The van der Waals surface area contributed by atoms with Gasteiger partial charge in [-0.2, -0.15) is 4.31 Å². The van der Waals surface area contributed by atoms with E-state index in [0.717, 1.165) is 4.31 Å². The zero-order chi connectivity index (χ0) is 15.8. The molecule has 21 heavy (non-hydrogen) atoms. The number of hydrogen-bond donors (Lipinski definition) is 1. The van der Waals surface area contributed by atoms with E-state index in [1.54, 1.807) is 6.92 Å². The molecule has 0 saturated carbocycles. The van der Waals surface area contributed by atoms with Crippen molar-refractivity contribution in [1.82, 2.24) is 9.62 Å². The predicted octanol–water partition coefficient (Wildman–Crippen LogP) is 1.53. The Labute approximate surface area is 135 Å². The smallest absolute Gasteiger partial charge is 0.245 e. The first-order chi connectivity index (χ1) is 9.77. The van der Waals surface area contributed by atoms with Crippen molar-refractivity contribution in [3.63, 3.8) is 0 Å². The van der Waals surface area contributed by atoms with Gasteiger partial charge in [0.25, 0.3) is 0 Å². The first-order valence-electron chi connectivity index (χ1n) is 6.08. The molecule has 1 aromatic carbocycles. The number of piperazine rings is 1. The normalized spacial score (nSPS) is 20.4. The zero-order valence-corrected chi connectivity index (χ0v) is 14.1. The molecule has 114 valence electrons. The van der Waals surface area contributed by atoms with Crippen LogP contribution in [0.15, 0.2) is 27.6 Å². The standard InChI is InChI=1S/C12H12BrClN2O4S/c1-2-10-12(18)15-11(17)6-16(10)21(19,20)7-3-4-9(14)8(13)5-7/h3-5,10H,2,6H2,1H3,(H,15,17,18). The summed E-state index contributed by atoms with van der Waals surface area (Å²) in [5.74, 6) is -1.24. The number of halogens is 2. The number of sulfonamides is 1. The predicted molar refractivity (Wildman–Crippen MR) is 80.3 cm³/mol. The quantitative estimate of drug-likeness (QED) is 0.787. The van der Waals surface area contributed by atoms with Crippen molar-refractivity contribution >= 4 is 49.4 Å². The van der Waals surface area contributed by atoms with E-state index in [1.807, 2.05) is 0 Å². The lowest BCUT2D eigenvalue weighted by Gasteiger charge is -2.32. The molecule has 0 radical (unpaired) electrons. The number of rotatable bonds is 3. The van der Waals surface area contributed by atoms with Crippen molar-refractivity contribution in [2.24, 2.45) is 0 Å². The van der Waals surface area contributed by atoms with Crippen molar-refractivity contribution in [2.45, 2.75) is 24.3 Å². The summed E-state index contributed by atoms with van der Waals surface area (Å²) in [4.78, 5) is 23.2. The van der Waals surface area contributed by atoms with Crippen LogP contribution in [0, 0.1) is 0 Å². The van der Waals surface area contributed by atoms with Crippen molar-refractivity contribution in [3.8, 4) is 0 Å².